The van der Waals surface area contributed by atoms with Gasteiger partial charge in [-0.05, 0) is 61.7 Å². The van der Waals surface area contributed by atoms with Crippen LogP contribution in [0.15, 0.2) is 53.0 Å². The fourth-order valence-electron chi connectivity index (χ4n) is 3.37. The summed E-state index contributed by atoms with van der Waals surface area (Å²) >= 11 is 9.33. The molecule has 34 heavy (non-hydrogen) atoms. The molecule has 10 heteroatoms. The van der Waals surface area contributed by atoms with E-state index in [0.29, 0.717) is 17.1 Å². The number of anilines is 1. The number of halogens is 2. The highest BCUT2D eigenvalue weighted by atomic mass is 79.9. The van der Waals surface area contributed by atoms with E-state index in [2.05, 4.69) is 21.2 Å². The van der Waals surface area contributed by atoms with Crippen LogP contribution in [-0.2, 0) is 26.2 Å². The Hall–Kier alpha value is -2.10. The Bertz CT molecular complexity index is 1080. The van der Waals surface area contributed by atoms with Gasteiger partial charge in [0.1, 0.15) is 12.6 Å². The summed E-state index contributed by atoms with van der Waals surface area (Å²) in [6.07, 6.45) is 2.18. The highest BCUT2D eigenvalue weighted by molar-refractivity contribution is 9.10. The minimum atomic E-state index is -3.76. The van der Waals surface area contributed by atoms with Gasteiger partial charge in [-0.15, -0.1) is 0 Å². The third kappa shape index (κ3) is 7.99. The SMILES string of the molecule is CC[C@@H](C)NC(=O)[C@H](CC)N(Cc1ccc(Cl)cc1)C(=O)CN(c1ccc(Br)cc1)S(C)(=O)=O. The van der Waals surface area contributed by atoms with Crippen molar-refractivity contribution >= 4 is 55.1 Å². The first-order valence-corrected chi connectivity index (χ1v) is 14.1. The smallest absolute Gasteiger partial charge is 0.244 e. The molecule has 0 aliphatic rings. The lowest BCUT2D eigenvalue weighted by molar-refractivity contribution is -0.140. The summed E-state index contributed by atoms with van der Waals surface area (Å²) in [6.45, 7) is 5.40. The fraction of sp³-hybridized carbons (Fsp3) is 0.417. The van der Waals surface area contributed by atoms with Crippen LogP contribution in [0.3, 0.4) is 0 Å². The number of carbonyl (C=O) groups excluding carboxylic acids is 2. The average molecular weight is 573 g/mol. The van der Waals surface area contributed by atoms with E-state index in [0.717, 1.165) is 27.0 Å². The van der Waals surface area contributed by atoms with Gasteiger partial charge >= 0.3 is 0 Å². The summed E-state index contributed by atoms with van der Waals surface area (Å²) in [6, 6.07) is 12.8. The van der Waals surface area contributed by atoms with Crippen LogP contribution in [0.5, 0.6) is 0 Å². The van der Waals surface area contributed by atoms with Crippen LogP contribution < -0.4 is 9.62 Å². The molecular weight excluding hydrogens is 542 g/mol. The average Bonchev–Trinajstić information content (AvgIpc) is 2.78. The van der Waals surface area contributed by atoms with E-state index in [4.69, 9.17) is 11.6 Å². The van der Waals surface area contributed by atoms with Crippen LogP contribution in [0.4, 0.5) is 5.69 Å². The quantitative estimate of drug-likeness (QED) is 0.427. The zero-order valence-corrected chi connectivity index (χ0v) is 23.0. The van der Waals surface area contributed by atoms with Gasteiger partial charge in [-0.25, -0.2) is 8.42 Å². The second kappa shape index (κ2) is 12.6. The highest BCUT2D eigenvalue weighted by Crippen LogP contribution is 2.22. The molecular formula is C24H31BrClN3O4S. The molecule has 0 fully saturated rings. The van der Waals surface area contributed by atoms with E-state index < -0.39 is 28.5 Å². The van der Waals surface area contributed by atoms with E-state index in [1.54, 1.807) is 48.5 Å². The van der Waals surface area contributed by atoms with Crippen LogP contribution in [0.25, 0.3) is 0 Å². The zero-order chi connectivity index (χ0) is 25.5. The molecule has 2 aromatic rings. The number of hydrogen-bond donors (Lipinski definition) is 1. The standard InChI is InChI=1S/C24H31BrClN3O4S/c1-5-17(3)27-24(31)22(6-2)28(15-18-7-11-20(26)12-8-18)23(30)16-29(34(4,32)33)21-13-9-19(25)10-14-21/h7-14,17,22H,5-6,15-16H2,1-4H3,(H,27,31)/t17-,22+/m1/s1. The van der Waals surface area contributed by atoms with Crippen molar-refractivity contribution in [3.63, 3.8) is 0 Å². The third-order valence-corrected chi connectivity index (χ3v) is 7.37. The normalized spacial score (nSPS) is 13.1. The van der Waals surface area contributed by atoms with Gasteiger partial charge in [0, 0.05) is 22.1 Å². The van der Waals surface area contributed by atoms with Crippen LogP contribution in [0, 0.1) is 0 Å². The van der Waals surface area contributed by atoms with Gasteiger partial charge < -0.3 is 10.2 Å². The molecule has 0 spiro atoms. The van der Waals surface area contributed by atoms with Crippen molar-refractivity contribution in [3.8, 4) is 0 Å². The molecule has 0 aliphatic carbocycles. The number of hydrogen-bond acceptors (Lipinski definition) is 4. The number of nitrogens with zero attached hydrogens (tertiary/aromatic N) is 2. The summed E-state index contributed by atoms with van der Waals surface area (Å²) in [5.74, 6) is -0.747. The molecule has 2 amide bonds. The monoisotopic (exact) mass is 571 g/mol. The van der Waals surface area contributed by atoms with Crippen molar-refractivity contribution in [2.75, 3.05) is 17.1 Å². The second-order valence-corrected chi connectivity index (χ2v) is 11.4. The van der Waals surface area contributed by atoms with Gasteiger partial charge in [0.25, 0.3) is 0 Å². The summed E-state index contributed by atoms with van der Waals surface area (Å²) in [7, 11) is -3.76. The Morgan fingerprint density at radius 1 is 1.03 bits per heavy atom. The van der Waals surface area contributed by atoms with E-state index in [-0.39, 0.29) is 18.5 Å². The first kappa shape index (κ1) is 28.1. The van der Waals surface area contributed by atoms with E-state index >= 15 is 0 Å². The molecule has 186 valence electrons. The van der Waals surface area contributed by atoms with Crippen LogP contribution in [0.1, 0.15) is 39.2 Å². The second-order valence-electron chi connectivity index (χ2n) is 8.14. The van der Waals surface area contributed by atoms with Gasteiger partial charge in [0.05, 0.1) is 11.9 Å². The number of benzene rings is 2. The largest absolute Gasteiger partial charge is 0.352 e. The van der Waals surface area contributed by atoms with Gasteiger partial charge in [-0.1, -0.05) is 53.5 Å². The highest BCUT2D eigenvalue weighted by Gasteiger charge is 2.32. The Balaban J connectivity index is 2.41. The van der Waals surface area contributed by atoms with E-state index in [1.165, 1.54) is 4.90 Å². The third-order valence-electron chi connectivity index (χ3n) is 5.45. The number of nitrogens with one attached hydrogen (secondary N) is 1. The van der Waals surface area contributed by atoms with Crippen molar-refractivity contribution in [1.82, 2.24) is 10.2 Å². The first-order valence-electron chi connectivity index (χ1n) is 11.0. The predicted molar refractivity (Wildman–Crippen MR) is 140 cm³/mol. The Labute approximate surface area is 215 Å². The van der Waals surface area contributed by atoms with Crippen molar-refractivity contribution in [2.24, 2.45) is 0 Å². The topological polar surface area (TPSA) is 86.8 Å². The molecule has 0 bridgehead atoms. The molecule has 0 radical (unpaired) electrons. The molecule has 2 aromatic carbocycles. The molecule has 0 aliphatic heterocycles. The number of carbonyl (C=O) groups is 2. The van der Waals surface area contributed by atoms with Crippen molar-refractivity contribution in [2.45, 2.75) is 52.2 Å². The summed E-state index contributed by atoms with van der Waals surface area (Å²) in [5, 5.41) is 3.50. The summed E-state index contributed by atoms with van der Waals surface area (Å²) < 4.78 is 27.0. The Kier molecular flexibility index (Phi) is 10.4. The Morgan fingerprint density at radius 2 is 1.62 bits per heavy atom. The van der Waals surface area contributed by atoms with Gasteiger partial charge in [-0.3, -0.25) is 13.9 Å². The maximum absolute atomic E-state index is 13.6. The van der Waals surface area contributed by atoms with Crippen molar-refractivity contribution in [3.05, 3.63) is 63.6 Å². The van der Waals surface area contributed by atoms with Crippen molar-refractivity contribution in [1.29, 1.82) is 0 Å². The van der Waals surface area contributed by atoms with E-state index in [1.807, 2.05) is 20.8 Å². The van der Waals surface area contributed by atoms with Gasteiger partial charge in [0.2, 0.25) is 21.8 Å². The van der Waals surface area contributed by atoms with E-state index in [9.17, 15) is 18.0 Å². The first-order chi connectivity index (χ1) is 16.0. The molecule has 7 nitrogen and oxygen atoms in total. The summed E-state index contributed by atoms with van der Waals surface area (Å²) in [5.41, 5.74) is 1.14. The maximum atomic E-state index is 13.6. The molecule has 2 rings (SSSR count). The van der Waals surface area contributed by atoms with Crippen LogP contribution >= 0.6 is 27.5 Å². The zero-order valence-electron chi connectivity index (χ0n) is 19.8. The molecule has 0 saturated heterocycles. The van der Waals surface area contributed by atoms with Gasteiger partial charge in [0.15, 0.2) is 0 Å². The lowest BCUT2D eigenvalue weighted by Gasteiger charge is -2.33. The fourth-order valence-corrected chi connectivity index (χ4v) is 4.61. The number of sulfonamides is 1. The maximum Gasteiger partial charge on any atom is 0.244 e. The molecule has 0 aromatic heterocycles. The minimum Gasteiger partial charge on any atom is -0.352 e. The Morgan fingerprint density at radius 3 is 2.12 bits per heavy atom. The lowest BCUT2D eigenvalue weighted by atomic mass is 10.1. The molecule has 0 unspecified atom stereocenters. The molecule has 1 N–H and O–H groups in total. The minimum absolute atomic E-state index is 0.0516. The number of amides is 2. The van der Waals surface area contributed by atoms with Crippen LogP contribution in [-0.4, -0.2) is 50.0 Å². The molecule has 0 heterocycles. The molecule has 0 saturated carbocycles. The molecule has 2 atom stereocenters. The van der Waals surface area contributed by atoms with Crippen molar-refractivity contribution < 1.29 is 18.0 Å². The van der Waals surface area contributed by atoms with Crippen LogP contribution in [0.2, 0.25) is 5.02 Å². The number of rotatable bonds is 11. The summed E-state index contributed by atoms with van der Waals surface area (Å²) in [4.78, 5) is 28.1. The predicted octanol–water partition coefficient (Wildman–Crippen LogP) is 4.59. The lowest BCUT2D eigenvalue weighted by Crippen LogP contribution is -2.53. The van der Waals surface area contributed by atoms with Gasteiger partial charge in [-0.2, -0.15) is 0 Å².